The van der Waals surface area contributed by atoms with Gasteiger partial charge in [-0.2, -0.15) is 0 Å². The van der Waals surface area contributed by atoms with E-state index in [2.05, 4.69) is 22.9 Å². The van der Waals surface area contributed by atoms with Crippen LogP contribution in [0.1, 0.15) is 13.3 Å². The number of methoxy groups -OCH3 is 1. The molecule has 3 nitrogen and oxygen atoms in total. The fourth-order valence-corrected chi connectivity index (χ4v) is 3.02. The predicted molar refractivity (Wildman–Crippen MR) is 61.6 cm³/mol. The van der Waals surface area contributed by atoms with Gasteiger partial charge in [0.1, 0.15) is 7.85 Å². The van der Waals surface area contributed by atoms with Crippen LogP contribution in [-0.2, 0) is 9.47 Å². The number of aliphatic hydroxyl groups is 1. The molecule has 0 radical (unpaired) electrons. The third-order valence-electron chi connectivity index (χ3n) is 3.26. The van der Waals surface area contributed by atoms with E-state index in [1.165, 1.54) is 0 Å². The molecule has 1 aliphatic rings. The highest BCUT2D eigenvalue weighted by Crippen LogP contribution is 2.39. The first kappa shape index (κ1) is 12.5. The predicted octanol–water partition coefficient (Wildman–Crippen LogP) is 0.143. The molecule has 5 heteroatoms. The lowest BCUT2D eigenvalue weighted by Gasteiger charge is -2.31. The van der Waals surface area contributed by atoms with Gasteiger partial charge in [0.2, 0.25) is 0 Å². The number of alkyl halides is 1. The van der Waals surface area contributed by atoms with Crippen molar-refractivity contribution >= 4 is 23.8 Å². The highest BCUT2D eigenvalue weighted by atomic mass is 79.9. The van der Waals surface area contributed by atoms with Crippen LogP contribution in [0.4, 0.5) is 0 Å². The quantitative estimate of drug-likeness (QED) is 0.580. The second-order valence-corrected chi connectivity index (χ2v) is 4.77. The van der Waals surface area contributed by atoms with Gasteiger partial charge in [-0.3, -0.25) is 0 Å². The van der Waals surface area contributed by atoms with Crippen molar-refractivity contribution in [1.29, 1.82) is 0 Å². The van der Waals surface area contributed by atoms with E-state index in [0.717, 1.165) is 11.8 Å². The highest BCUT2D eigenvalue weighted by molar-refractivity contribution is 9.09. The summed E-state index contributed by atoms with van der Waals surface area (Å²) in [7, 11) is 3.69. The Hall–Kier alpha value is 0.425. The van der Waals surface area contributed by atoms with E-state index >= 15 is 0 Å². The molecule has 1 saturated heterocycles. The summed E-state index contributed by atoms with van der Waals surface area (Å²) in [4.78, 5) is 0. The lowest BCUT2D eigenvalue weighted by Crippen LogP contribution is -2.41. The Kier molecular flexibility index (Phi) is 4.43. The van der Waals surface area contributed by atoms with Crippen LogP contribution in [0.2, 0.25) is 0 Å². The second-order valence-electron chi connectivity index (χ2n) is 3.97. The van der Waals surface area contributed by atoms with Crippen molar-refractivity contribution in [3.8, 4) is 0 Å². The van der Waals surface area contributed by atoms with E-state index in [1.54, 1.807) is 7.11 Å². The number of rotatable bonds is 4. The van der Waals surface area contributed by atoms with Gasteiger partial charge < -0.3 is 14.6 Å². The molecule has 0 aliphatic carbocycles. The summed E-state index contributed by atoms with van der Waals surface area (Å²) in [6.45, 7) is 2.14. The highest BCUT2D eigenvalue weighted by Gasteiger charge is 2.50. The molecule has 0 aromatic rings. The molecule has 0 saturated carbocycles. The monoisotopic (exact) mass is 264 g/mol. The lowest BCUT2D eigenvalue weighted by molar-refractivity contribution is -0.0700. The van der Waals surface area contributed by atoms with Crippen LogP contribution in [0, 0.1) is 5.92 Å². The van der Waals surface area contributed by atoms with Crippen molar-refractivity contribution < 1.29 is 14.6 Å². The minimum absolute atomic E-state index is 0.0567. The largest absolute Gasteiger partial charge is 0.393 e. The first-order chi connectivity index (χ1) is 6.61. The van der Waals surface area contributed by atoms with E-state index in [-0.39, 0.29) is 24.6 Å². The SMILES string of the molecule is B[C@@H]1O[C@@](CO)(CCBr)C(C)[C@@H]1OC. The molecule has 1 fully saturated rings. The minimum Gasteiger partial charge on any atom is -0.393 e. The summed E-state index contributed by atoms with van der Waals surface area (Å²) >= 11 is 3.39. The number of halogens is 1. The van der Waals surface area contributed by atoms with Crippen LogP contribution in [0.5, 0.6) is 0 Å². The van der Waals surface area contributed by atoms with Crippen molar-refractivity contribution in [2.45, 2.75) is 31.1 Å². The molecular formula is C9H18BBrO3. The molecule has 1 rings (SSSR count). The summed E-state index contributed by atoms with van der Waals surface area (Å²) in [5.41, 5.74) is -0.427. The zero-order chi connectivity index (χ0) is 10.8. The van der Waals surface area contributed by atoms with E-state index in [1.807, 2.05) is 7.85 Å². The van der Waals surface area contributed by atoms with Crippen LogP contribution in [0.25, 0.3) is 0 Å². The van der Waals surface area contributed by atoms with Gasteiger partial charge in [-0.1, -0.05) is 22.9 Å². The van der Waals surface area contributed by atoms with Crippen molar-refractivity contribution in [1.82, 2.24) is 0 Å². The zero-order valence-corrected chi connectivity index (χ0v) is 10.6. The summed E-state index contributed by atoms with van der Waals surface area (Å²) in [6.07, 6.45) is 0.899. The van der Waals surface area contributed by atoms with Crippen molar-refractivity contribution in [2.24, 2.45) is 5.92 Å². The normalized spacial score (nSPS) is 43.0. The molecule has 1 unspecified atom stereocenters. The Bertz CT molecular complexity index is 193. The Morgan fingerprint density at radius 2 is 2.29 bits per heavy atom. The van der Waals surface area contributed by atoms with Crippen molar-refractivity contribution in [3.63, 3.8) is 0 Å². The summed E-state index contributed by atoms with van der Waals surface area (Å²) in [5, 5.41) is 10.3. The molecule has 82 valence electrons. The topological polar surface area (TPSA) is 38.7 Å². The first-order valence-corrected chi connectivity index (χ1v) is 6.11. The van der Waals surface area contributed by atoms with Crippen LogP contribution in [0.15, 0.2) is 0 Å². The van der Waals surface area contributed by atoms with Crippen molar-refractivity contribution in [2.75, 3.05) is 19.0 Å². The fraction of sp³-hybridized carbons (Fsp3) is 1.00. The Morgan fingerprint density at radius 3 is 2.64 bits per heavy atom. The summed E-state index contributed by atoms with van der Waals surface area (Å²) in [6, 6.07) is 0.0567. The number of ether oxygens (including phenoxy) is 2. The molecule has 14 heavy (non-hydrogen) atoms. The summed E-state index contributed by atoms with van der Waals surface area (Å²) in [5.74, 6) is 0.227. The van der Waals surface area contributed by atoms with E-state index in [9.17, 15) is 5.11 Å². The van der Waals surface area contributed by atoms with Gasteiger partial charge >= 0.3 is 0 Å². The fourth-order valence-electron chi connectivity index (χ4n) is 2.35. The Labute approximate surface area is 94.7 Å². The summed E-state index contributed by atoms with van der Waals surface area (Å²) < 4.78 is 11.2. The van der Waals surface area contributed by atoms with E-state index in [4.69, 9.17) is 9.47 Å². The van der Waals surface area contributed by atoms with Gasteiger partial charge in [0.25, 0.3) is 0 Å². The Balaban J connectivity index is 2.79. The molecule has 1 aliphatic heterocycles. The molecule has 1 N–H and O–H groups in total. The van der Waals surface area contributed by atoms with Gasteiger partial charge in [0, 0.05) is 18.4 Å². The molecule has 0 aromatic carbocycles. The van der Waals surface area contributed by atoms with Crippen LogP contribution in [-0.4, -0.2) is 49.7 Å². The number of hydrogen-bond donors (Lipinski definition) is 1. The number of aliphatic hydroxyl groups excluding tert-OH is 1. The lowest BCUT2D eigenvalue weighted by atomic mass is 9.82. The average molecular weight is 265 g/mol. The molecule has 0 bridgehead atoms. The van der Waals surface area contributed by atoms with Gasteiger partial charge in [-0.15, -0.1) is 0 Å². The van der Waals surface area contributed by atoms with Crippen LogP contribution >= 0.6 is 15.9 Å². The third kappa shape index (κ3) is 2.01. The van der Waals surface area contributed by atoms with Gasteiger partial charge in [0.15, 0.2) is 0 Å². The Morgan fingerprint density at radius 1 is 1.64 bits per heavy atom. The molecule has 4 atom stereocenters. The van der Waals surface area contributed by atoms with Gasteiger partial charge in [0.05, 0.1) is 24.3 Å². The molecule has 1 heterocycles. The maximum absolute atomic E-state index is 9.45. The second kappa shape index (κ2) is 4.97. The van der Waals surface area contributed by atoms with Gasteiger partial charge in [-0.25, -0.2) is 0 Å². The third-order valence-corrected chi connectivity index (χ3v) is 3.66. The average Bonchev–Trinajstić information content (AvgIpc) is 2.40. The van der Waals surface area contributed by atoms with E-state index in [0.29, 0.717) is 0 Å². The smallest absolute Gasteiger partial charge is 0.142 e. The zero-order valence-electron chi connectivity index (χ0n) is 9.00. The molecule has 0 spiro atoms. The maximum Gasteiger partial charge on any atom is 0.142 e. The first-order valence-electron chi connectivity index (χ1n) is 4.98. The molecule has 0 aromatic heterocycles. The number of hydrogen-bond acceptors (Lipinski definition) is 3. The maximum atomic E-state index is 9.45. The molecule has 0 amide bonds. The van der Waals surface area contributed by atoms with Crippen molar-refractivity contribution in [3.05, 3.63) is 0 Å². The van der Waals surface area contributed by atoms with E-state index < -0.39 is 5.60 Å². The molecular weight excluding hydrogens is 247 g/mol. The van der Waals surface area contributed by atoms with Crippen LogP contribution in [0.3, 0.4) is 0 Å². The minimum atomic E-state index is -0.427. The van der Waals surface area contributed by atoms with Crippen LogP contribution < -0.4 is 0 Å². The standard InChI is InChI=1S/C9H18BBrO3/c1-6-7(13-2)8(10)14-9(6,5-12)3-4-11/h6-8,12H,3-5,10H2,1-2H3/t6?,7-,8+,9+/m0/s1. The van der Waals surface area contributed by atoms with Gasteiger partial charge in [-0.05, 0) is 6.42 Å².